The average molecular weight is 395 g/mol. The Morgan fingerprint density at radius 3 is 2.93 bits per heavy atom. The van der Waals surface area contributed by atoms with Crippen LogP contribution >= 0.6 is 11.8 Å². The summed E-state index contributed by atoms with van der Waals surface area (Å²) in [5, 5.41) is 12.7. The normalized spacial score (nSPS) is 22.5. The van der Waals surface area contributed by atoms with E-state index in [1.807, 2.05) is 0 Å². The van der Waals surface area contributed by atoms with Crippen LogP contribution in [-0.2, 0) is 14.3 Å². The molecule has 2 aromatic heterocycles. The van der Waals surface area contributed by atoms with Gasteiger partial charge >= 0.3 is 0 Å². The topological polar surface area (TPSA) is 139 Å². The van der Waals surface area contributed by atoms with Crippen molar-refractivity contribution in [2.75, 3.05) is 11.1 Å². The number of carbonyl (C=O) groups excluding carboxylic acids is 2. The number of nitrogens with zero attached hydrogens (tertiary/aromatic N) is 3. The van der Waals surface area contributed by atoms with E-state index in [4.69, 9.17) is 4.74 Å². The van der Waals surface area contributed by atoms with Crippen LogP contribution in [0.15, 0.2) is 11.1 Å². The second-order valence-corrected chi connectivity index (χ2v) is 7.81. The number of aliphatic hydroxyl groups excluding tert-OH is 1. The largest absolute Gasteiger partial charge is 0.390 e. The van der Waals surface area contributed by atoms with Crippen LogP contribution in [-0.4, -0.2) is 53.6 Å². The Hall–Kier alpha value is -2.24. The molecule has 3 atom stereocenters. The van der Waals surface area contributed by atoms with Gasteiger partial charge in [-0.3, -0.25) is 29.3 Å². The molecular formula is C16H21N5O5S. The van der Waals surface area contributed by atoms with Gasteiger partial charge in [-0.05, 0) is 0 Å². The highest BCUT2D eigenvalue weighted by Gasteiger charge is 2.36. The lowest BCUT2D eigenvalue weighted by molar-refractivity contribution is -0.119. The summed E-state index contributed by atoms with van der Waals surface area (Å²) >= 11 is 1.08. The molecule has 0 bridgehead atoms. The number of rotatable bonds is 5. The number of imidazole rings is 1. The van der Waals surface area contributed by atoms with Crippen molar-refractivity contribution in [3.05, 3.63) is 16.7 Å². The molecule has 2 aromatic rings. The first kappa shape index (κ1) is 19.5. The van der Waals surface area contributed by atoms with Gasteiger partial charge in [0.25, 0.3) is 5.56 Å². The predicted octanol–water partition coefficient (Wildman–Crippen LogP) is 0.642. The van der Waals surface area contributed by atoms with Crippen molar-refractivity contribution in [2.45, 2.75) is 45.6 Å². The number of carbonyl (C=O) groups is 2. The van der Waals surface area contributed by atoms with Crippen molar-refractivity contribution < 1.29 is 19.4 Å². The number of fused-ring (bicyclic) bond motifs is 1. The third kappa shape index (κ3) is 4.20. The maximum absolute atomic E-state index is 12.2. The maximum Gasteiger partial charge on any atom is 0.280 e. The minimum atomic E-state index is -0.749. The summed E-state index contributed by atoms with van der Waals surface area (Å²) < 4.78 is 7.39. The summed E-state index contributed by atoms with van der Waals surface area (Å²) in [5.41, 5.74) is -0.132. The molecule has 0 radical (unpaired) electrons. The highest BCUT2D eigenvalue weighted by molar-refractivity contribution is 8.13. The lowest BCUT2D eigenvalue weighted by Crippen LogP contribution is -2.23. The first-order valence-corrected chi connectivity index (χ1v) is 9.49. The van der Waals surface area contributed by atoms with E-state index in [1.54, 1.807) is 18.4 Å². The van der Waals surface area contributed by atoms with Gasteiger partial charge in [-0.2, -0.15) is 4.98 Å². The molecule has 0 aromatic carbocycles. The van der Waals surface area contributed by atoms with Crippen LogP contribution in [0.25, 0.3) is 11.2 Å². The highest BCUT2D eigenvalue weighted by Crippen LogP contribution is 2.32. The number of hydrogen-bond donors (Lipinski definition) is 3. The van der Waals surface area contributed by atoms with Gasteiger partial charge in [0, 0.05) is 25.0 Å². The fourth-order valence-electron chi connectivity index (χ4n) is 2.69. The summed E-state index contributed by atoms with van der Waals surface area (Å²) in [5.74, 6) is -0.195. The van der Waals surface area contributed by atoms with E-state index < -0.39 is 24.0 Å². The summed E-state index contributed by atoms with van der Waals surface area (Å²) in [6.45, 7) is 4.91. The Bertz CT molecular complexity index is 924. The molecule has 1 saturated heterocycles. The molecule has 0 saturated carbocycles. The lowest BCUT2D eigenvalue weighted by atomic mass is 10.2. The zero-order valence-corrected chi connectivity index (χ0v) is 15.9. The maximum atomic E-state index is 12.2. The van der Waals surface area contributed by atoms with E-state index in [-0.39, 0.29) is 40.5 Å². The Labute approximate surface area is 158 Å². The van der Waals surface area contributed by atoms with Gasteiger partial charge < -0.3 is 9.84 Å². The molecule has 27 heavy (non-hydrogen) atoms. The van der Waals surface area contributed by atoms with E-state index >= 15 is 0 Å². The number of hydrogen-bond acceptors (Lipinski definition) is 8. The van der Waals surface area contributed by atoms with Crippen molar-refractivity contribution in [2.24, 2.45) is 5.92 Å². The SMILES string of the molecule is CC(=O)SC[C@H]1O[C@@H](n2cnc3c(=O)[nH]c(NC(=O)C(C)C)nc32)C[C@@H]1O. The molecule has 3 N–H and O–H groups in total. The van der Waals surface area contributed by atoms with Crippen LogP contribution in [0.5, 0.6) is 0 Å². The fraction of sp³-hybridized carbons (Fsp3) is 0.562. The molecule has 3 heterocycles. The van der Waals surface area contributed by atoms with Crippen molar-refractivity contribution >= 4 is 39.9 Å². The Morgan fingerprint density at radius 1 is 1.52 bits per heavy atom. The van der Waals surface area contributed by atoms with Gasteiger partial charge in [0.05, 0.1) is 18.5 Å². The molecule has 3 rings (SSSR count). The zero-order chi connectivity index (χ0) is 19.7. The summed E-state index contributed by atoms with van der Waals surface area (Å²) in [7, 11) is 0. The van der Waals surface area contributed by atoms with E-state index in [2.05, 4.69) is 20.3 Å². The van der Waals surface area contributed by atoms with Crippen molar-refractivity contribution in [3.63, 3.8) is 0 Å². The lowest BCUT2D eigenvalue weighted by Gasteiger charge is -2.15. The predicted molar refractivity (Wildman–Crippen MR) is 99.3 cm³/mol. The second-order valence-electron chi connectivity index (χ2n) is 6.62. The van der Waals surface area contributed by atoms with Crippen molar-refractivity contribution in [1.29, 1.82) is 0 Å². The van der Waals surface area contributed by atoms with Crippen LogP contribution in [0.1, 0.15) is 33.4 Å². The second kappa shape index (κ2) is 7.79. The molecule has 1 amide bonds. The molecule has 0 aliphatic carbocycles. The first-order valence-electron chi connectivity index (χ1n) is 8.51. The number of ether oxygens (including phenoxy) is 1. The number of amides is 1. The average Bonchev–Trinajstić information content (AvgIpc) is 3.16. The highest BCUT2D eigenvalue weighted by atomic mass is 32.2. The number of anilines is 1. The van der Waals surface area contributed by atoms with Crippen LogP contribution in [0.4, 0.5) is 5.95 Å². The van der Waals surface area contributed by atoms with Gasteiger partial charge in [-0.1, -0.05) is 25.6 Å². The monoisotopic (exact) mass is 395 g/mol. The third-order valence-corrected chi connectivity index (χ3v) is 5.07. The van der Waals surface area contributed by atoms with E-state index in [1.165, 1.54) is 13.3 Å². The number of nitrogens with one attached hydrogen (secondary N) is 2. The van der Waals surface area contributed by atoms with E-state index in [0.29, 0.717) is 5.75 Å². The first-order chi connectivity index (χ1) is 12.8. The third-order valence-electron chi connectivity index (χ3n) is 4.16. The molecule has 1 fully saturated rings. The smallest absolute Gasteiger partial charge is 0.280 e. The quantitative estimate of drug-likeness (QED) is 0.670. The van der Waals surface area contributed by atoms with Gasteiger partial charge in [0.2, 0.25) is 11.9 Å². The molecule has 11 heteroatoms. The van der Waals surface area contributed by atoms with E-state index in [0.717, 1.165) is 11.8 Å². The van der Waals surface area contributed by atoms with Crippen LogP contribution in [0, 0.1) is 5.92 Å². The number of H-pyrrole nitrogens is 1. The Morgan fingerprint density at radius 2 is 2.26 bits per heavy atom. The van der Waals surface area contributed by atoms with Gasteiger partial charge in [0.15, 0.2) is 16.3 Å². The summed E-state index contributed by atoms with van der Waals surface area (Å²) in [4.78, 5) is 46.1. The molecule has 10 nitrogen and oxygen atoms in total. The molecule has 1 aliphatic heterocycles. The summed E-state index contributed by atoms with van der Waals surface area (Å²) in [6.07, 6.45) is -0.148. The molecule has 146 valence electrons. The minimum Gasteiger partial charge on any atom is -0.390 e. The Kier molecular flexibility index (Phi) is 5.63. The molecule has 0 spiro atoms. The standard InChI is InChI=1S/C16H21N5O5S/c1-7(2)14(24)19-16-18-13-12(15(25)20-16)17-6-21(13)11-4-9(23)10(26-11)5-27-8(3)22/h6-7,9-11,23H,4-5H2,1-3H3,(H2,18,19,20,24,25)/t9-,10+,11+/m0/s1. The van der Waals surface area contributed by atoms with Crippen LogP contribution in [0.2, 0.25) is 0 Å². The fourth-order valence-corrected chi connectivity index (χ4v) is 3.39. The molecule has 0 unspecified atom stereocenters. The zero-order valence-electron chi connectivity index (χ0n) is 15.1. The van der Waals surface area contributed by atoms with Crippen molar-refractivity contribution in [3.8, 4) is 0 Å². The molecular weight excluding hydrogens is 374 g/mol. The van der Waals surface area contributed by atoms with Gasteiger partial charge in [-0.25, -0.2) is 4.98 Å². The minimum absolute atomic E-state index is 0.0233. The number of aliphatic hydroxyl groups is 1. The van der Waals surface area contributed by atoms with Crippen molar-refractivity contribution in [1.82, 2.24) is 19.5 Å². The molecule has 1 aliphatic rings. The number of aromatic nitrogens is 4. The van der Waals surface area contributed by atoms with Gasteiger partial charge in [-0.15, -0.1) is 0 Å². The number of aromatic amines is 1. The van der Waals surface area contributed by atoms with Crippen LogP contribution < -0.4 is 10.9 Å². The summed E-state index contributed by atoms with van der Waals surface area (Å²) in [6, 6.07) is 0. The van der Waals surface area contributed by atoms with E-state index in [9.17, 15) is 19.5 Å². The van der Waals surface area contributed by atoms with Crippen LogP contribution in [0.3, 0.4) is 0 Å². The Balaban J connectivity index is 1.87. The van der Waals surface area contributed by atoms with Gasteiger partial charge in [0.1, 0.15) is 6.23 Å². The number of thioether (sulfide) groups is 1.